The molecular formula is C38H67N8O15S2Si2. The van der Waals surface area contributed by atoms with Crippen molar-refractivity contribution >= 4 is 79.6 Å². The molecule has 7 N–H and O–H groups in total. The van der Waals surface area contributed by atoms with Crippen molar-refractivity contribution in [1.82, 2.24) is 42.9 Å². The van der Waals surface area contributed by atoms with Crippen LogP contribution in [-0.4, -0.2) is 155 Å². The lowest BCUT2D eigenvalue weighted by molar-refractivity contribution is -0.222. The summed E-state index contributed by atoms with van der Waals surface area (Å²) in [5.41, 5.74) is 11.4. The number of nitrogens with zero attached hydrogens (tertiary/aromatic N) is 1. The Morgan fingerprint density at radius 3 is 1.88 bits per heavy atom. The van der Waals surface area contributed by atoms with Gasteiger partial charge in [0, 0.05) is 71.4 Å². The summed E-state index contributed by atoms with van der Waals surface area (Å²) in [6.07, 6.45) is 2.50. The molecule has 0 aliphatic heterocycles. The minimum atomic E-state index is -2.49. The van der Waals surface area contributed by atoms with Gasteiger partial charge < -0.3 is 39.9 Å². The summed E-state index contributed by atoms with van der Waals surface area (Å²) in [6, 6.07) is 4.31. The number of pyridine rings is 1. The van der Waals surface area contributed by atoms with Crippen LogP contribution in [0, 0.1) is 0 Å². The molecule has 23 nitrogen and oxygen atoms in total. The Hall–Kier alpha value is -3.75. The zero-order valence-corrected chi connectivity index (χ0v) is 41.7. The van der Waals surface area contributed by atoms with Crippen LogP contribution in [0.5, 0.6) is 0 Å². The van der Waals surface area contributed by atoms with Crippen LogP contribution in [-0.2, 0) is 71.3 Å². The second-order valence-electron chi connectivity index (χ2n) is 15.2. The van der Waals surface area contributed by atoms with Crippen molar-refractivity contribution in [3.05, 3.63) is 24.4 Å². The van der Waals surface area contributed by atoms with Gasteiger partial charge in [-0.3, -0.25) is 53.5 Å². The molecule has 0 saturated carbocycles. The normalized spacial score (nSPS) is 12.4. The first-order valence-electron chi connectivity index (χ1n) is 20.9. The third kappa shape index (κ3) is 32.6. The number of rotatable bonds is 39. The predicted molar refractivity (Wildman–Crippen MR) is 244 cm³/mol. The summed E-state index contributed by atoms with van der Waals surface area (Å²) < 4.78 is 27.0. The fourth-order valence-corrected chi connectivity index (χ4v) is 9.69. The molecule has 0 saturated heterocycles. The molecule has 1 aromatic rings. The van der Waals surface area contributed by atoms with E-state index >= 15 is 0 Å². The van der Waals surface area contributed by atoms with E-state index in [1.165, 1.54) is 35.8 Å². The monoisotopic (exact) mass is 995 g/mol. The summed E-state index contributed by atoms with van der Waals surface area (Å²) in [4.78, 5) is 105. The Balaban J connectivity index is 2.34. The molecule has 0 bridgehead atoms. The van der Waals surface area contributed by atoms with E-state index in [2.05, 4.69) is 37.2 Å². The van der Waals surface area contributed by atoms with E-state index in [0.717, 1.165) is 5.03 Å². The van der Waals surface area contributed by atoms with Crippen LogP contribution in [0.1, 0.15) is 38.5 Å². The standard InChI is InChI=1S/C38H67N8O15S2Si2/c1-54-26-29(37(52)45-57-19-17-40-32(48)11-9-10-31(39)47)43-35(51)15-25-65(5,6)61-59-21-22-60-64(3,4)24-14-34(50)44-30(27-56-28-55-2)38(53)46-58-20-18-41-33(49)13-23-62-63-36-12-7-8-16-42-36/h7-8,12,16,29-30,39H,9-11,13-15,17-28H2,1-6H3,(H,40,48)(H,41,49)(H,43,51)(H,44,50)(H,45,52)(H,46,53). The summed E-state index contributed by atoms with van der Waals surface area (Å²) in [7, 11) is 0.962. The van der Waals surface area contributed by atoms with E-state index < -0.39 is 58.3 Å². The average molecular weight is 996 g/mol. The molecule has 1 rings (SSSR count). The number of nitrogens with one attached hydrogen (secondary N) is 7. The number of hydrogen-bond donors (Lipinski definition) is 6. The highest BCUT2D eigenvalue weighted by molar-refractivity contribution is 8.76. The molecular weight excluding hydrogens is 929 g/mol. The minimum Gasteiger partial charge on any atom is -0.415 e. The lowest BCUT2D eigenvalue weighted by Crippen LogP contribution is -2.50. The molecule has 2 unspecified atom stereocenters. The zero-order chi connectivity index (χ0) is 48.4. The highest BCUT2D eigenvalue weighted by Gasteiger charge is 2.29. The predicted octanol–water partition coefficient (Wildman–Crippen LogP) is 0.912. The molecule has 7 amide bonds. The lowest BCUT2D eigenvalue weighted by Gasteiger charge is -2.25. The molecule has 1 radical (unpaired) electrons. The van der Waals surface area contributed by atoms with Crippen LogP contribution in [0.3, 0.4) is 0 Å². The van der Waals surface area contributed by atoms with Gasteiger partial charge in [-0.25, -0.2) is 20.8 Å². The highest BCUT2D eigenvalue weighted by Crippen LogP contribution is 2.29. The van der Waals surface area contributed by atoms with Gasteiger partial charge in [-0.2, -0.15) is 0 Å². The van der Waals surface area contributed by atoms with Crippen molar-refractivity contribution in [2.24, 2.45) is 0 Å². The lowest BCUT2D eigenvalue weighted by atomic mass is 10.2. The van der Waals surface area contributed by atoms with Gasteiger partial charge >= 0.3 is 0 Å². The Morgan fingerprint density at radius 1 is 0.708 bits per heavy atom. The quantitative estimate of drug-likeness (QED) is 0.0133. The maximum absolute atomic E-state index is 12.9. The maximum atomic E-state index is 12.9. The number of aromatic nitrogens is 1. The van der Waals surface area contributed by atoms with Gasteiger partial charge in [0.2, 0.25) is 37.9 Å². The Morgan fingerprint density at radius 2 is 1.31 bits per heavy atom. The van der Waals surface area contributed by atoms with Gasteiger partial charge in [-0.05, 0) is 67.6 Å². The van der Waals surface area contributed by atoms with Crippen LogP contribution < -0.4 is 38.0 Å². The number of amides is 7. The Kier molecular flexibility index (Phi) is 32.3. The van der Waals surface area contributed by atoms with Crippen molar-refractivity contribution in [2.45, 2.75) is 93.9 Å². The van der Waals surface area contributed by atoms with Gasteiger partial charge in [0.15, 0.2) is 8.32 Å². The number of carbonyl (C=O) groups excluding carboxylic acids is 7. The van der Waals surface area contributed by atoms with Gasteiger partial charge in [-0.15, -0.1) is 0 Å². The van der Waals surface area contributed by atoms with Gasteiger partial charge in [0.1, 0.15) is 30.5 Å². The maximum Gasteiger partial charge on any atom is 0.268 e. The van der Waals surface area contributed by atoms with Crippen LogP contribution in [0.2, 0.25) is 38.3 Å². The molecule has 0 aliphatic rings. The van der Waals surface area contributed by atoms with Crippen LogP contribution >= 0.6 is 21.6 Å². The summed E-state index contributed by atoms with van der Waals surface area (Å²) in [6.45, 7) is 7.74. The largest absolute Gasteiger partial charge is 0.415 e. The Labute approximate surface area is 390 Å². The fraction of sp³-hybridized carbons (Fsp3) is 0.684. The number of carbonyl (C=O) groups is 7. The van der Waals surface area contributed by atoms with E-state index in [-0.39, 0.29) is 103 Å². The average Bonchev–Trinajstić information content (AvgIpc) is 3.25. The van der Waals surface area contributed by atoms with Gasteiger partial charge in [0.05, 0.1) is 33.0 Å². The van der Waals surface area contributed by atoms with E-state index in [4.69, 9.17) is 43.5 Å². The molecule has 369 valence electrons. The second-order valence-corrected chi connectivity index (χ2v) is 26.1. The molecule has 2 atom stereocenters. The third-order valence-corrected chi connectivity index (χ3v) is 15.1. The van der Waals surface area contributed by atoms with Crippen LogP contribution in [0.4, 0.5) is 0 Å². The highest BCUT2D eigenvalue weighted by atomic mass is 33.1. The number of methoxy groups -OCH3 is 2. The first-order chi connectivity index (χ1) is 31.0. The summed E-state index contributed by atoms with van der Waals surface area (Å²) >= 11 is 0. The number of hydrogen-bond acceptors (Lipinski definition) is 18. The first-order valence-corrected chi connectivity index (χ1v) is 29.4. The van der Waals surface area contributed by atoms with Crippen molar-refractivity contribution in [2.75, 3.05) is 79.5 Å². The number of hydroxylamine groups is 2. The number of ether oxygens (including phenoxy) is 3. The SMILES string of the molecule is COCOCC(NC(=O)CC[Si](C)(C)OCCOO[Si](C)(C)CCC(=O)NC(COC)C(=O)NOCCNC(=O)CCCC([NH])=O)C(=O)NOCCNC(=O)CCSSc1ccccn1. The molecule has 0 aliphatic carbocycles. The Bertz CT molecular complexity index is 1580. The topological polar surface area (TPSA) is 302 Å². The van der Waals surface area contributed by atoms with Gasteiger partial charge in [-0.1, -0.05) is 16.9 Å². The molecule has 0 fully saturated rings. The van der Waals surface area contributed by atoms with E-state index in [1.54, 1.807) is 6.20 Å². The van der Waals surface area contributed by atoms with Crippen LogP contribution in [0.25, 0.3) is 0 Å². The molecule has 27 heteroatoms. The van der Waals surface area contributed by atoms with E-state index in [0.29, 0.717) is 24.3 Å². The fourth-order valence-electron chi connectivity index (χ4n) is 4.90. The molecule has 65 heavy (non-hydrogen) atoms. The molecule has 1 aromatic heterocycles. The van der Waals surface area contributed by atoms with Crippen molar-refractivity contribution in [3.8, 4) is 0 Å². The molecule has 1 heterocycles. The van der Waals surface area contributed by atoms with Crippen molar-refractivity contribution in [1.29, 1.82) is 0 Å². The van der Waals surface area contributed by atoms with Gasteiger partial charge in [0.25, 0.3) is 11.8 Å². The van der Waals surface area contributed by atoms with E-state index in [9.17, 15) is 33.6 Å². The molecule has 0 spiro atoms. The summed E-state index contributed by atoms with van der Waals surface area (Å²) in [5, 5.41) is 11.4. The molecule has 0 aromatic carbocycles. The zero-order valence-electron chi connectivity index (χ0n) is 38.1. The van der Waals surface area contributed by atoms with Crippen molar-refractivity contribution < 1.29 is 71.3 Å². The summed E-state index contributed by atoms with van der Waals surface area (Å²) in [5.74, 6) is -2.72. The smallest absolute Gasteiger partial charge is 0.268 e. The second kappa shape index (κ2) is 35.4. The van der Waals surface area contributed by atoms with Crippen molar-refractivity contribution in [3.63, 3.8) is 0 Å². The third-order valence-electron chi connectivity index (χ3n) is 8.37. The van der Waals surface area contributed by atoms with E-state index in [1.807, 2.05) is 44.4 Å². The minimum absolute atomic E-state index is 0.000399. The first kappa shape index (κ1) is 59.3. The van der Waals surface area contributed by atoms with Crippen LogP contribution in [0.15, 0.2) is 29.4 Å².